The minimum Gasteiger partial charge on any atom is -0.351 e. The van der Waals surface area contributed by atoms with Crippen LogP contribution >= 0.6 is 11.6 Å². The Labute approximate surface area is 262 Å². The molecule has 3 aromatic carbocycles. The predicted octanol–water partition coefficient (Wildman–Crippen LogP) is 6.04. The Hall–Kier alpha value is -3.78. The minimum atomic E-state index is -3.91. The summed E-state index contributed by atoms with van der Waals surface area (Å²) in [5, 5.41) is 12.7. The van der Waals surface area contributed by atoms with Crippen molar-refractivity contribution < 1.29 is 22.4 Å². The number of benzene rings is 3. The van der Waals surface area contributed by atoms with E-state index in [-0.39, 0.29) is 28.9 Å². The molecule has 1 saturated heterocycles. The predicted molar refractivity (Wildman–Crippen MR) is 167 cm³/mol. The van der Waals surface area contributed by atoms with Gasteiger partial charge in [-0.05, 0) is 68.1 Å². The Morgan fingerprint density at radius 1 is 1.02 bits per heavy atom. The second-order valence-electron chi connectivity index (χ2n) is 11.3. The van der Waals surface area contributed by atoms with Gasteiger partial charge in [0.05, 0.1) is 17.4 Å². The molecule has 0 radical (unpaired) electrons. The SMILES string of the molecule is CC(c1cccc(C#N)c1)N1C(C(=O)N(c2cccc(F)c2)C(C(=O)NC2CCCCC2)c2ccccc2Cl)CCS1(=O)=O. The average Bonchev–Trinajstić information content (AvgIpc) is 3.34. The number of hydrogen-bond acceptors (Lipinski definition) is 5. The molecule has 3 aromatic rings. The van der Waals surface area contributed by atoms with E-state index in [0.29, 0.717) is 16.7 Å². The molecule has 1 saturated carbocycles. The van der Waals surface area contributed by atoms with Gasteiger partial charge in [0.25, 0.3) is 0 Å². The zero-order valence-electron chi connectivity index (χ0n) is 24.3. The van der Waals surface area contributed by atoms with Crippen LogP contribution in [0.4, 0.5) is 10.1 Å². The second-order valence-corrected chi connectivity index (χ2v) is 13.7. The Morgan fingerprint density at radius 3 is 2.45 bits per heavy atom. The van der Waals surface area contributed by atoms with E-state index in [0.717, 1.165) is 42.5 Å². The smallest absolute Gasteiger partial charge is 0.248 e. The highest BCUT2D eigenvalue weighted by molar-refractivity contribution is 7.89. The number of anilines is 1. The van der Waals surface area contributed by atoms with Crippen LogP contribution < -0.4 is 10.2 Å². The van der Waals surface area contributed by atoms with Crippen molar-refractivity contribution in [2.24, 2.45) is 0 Å². The third-order valence-corrected chi connectivity index (χ3v) is 10.7. The van der Waals surface area contributed by atoms with Gasteiger partial charge < -0.3 is 5.32 Å². The van der Waals surface area contributed by atoms with Gasteiger partial charge in [0, 0.05) is 28.4 Å². The van der Waals surface area contributed by atoms with Crippen LogP contribution in [-0.4, -0.2) is 42.4 Å². The highest BCUT2D eigenvalue weighted by Gasteiger charge is 2.48. The molecule has 0 bridgehead atoms. The molecular weight excluding hydrogens is 603 g/mol. The number of hydrogen-bond donors (Lipinski definition) is 1. The summed E-state index contributed by atoms with van der Waals surface area (Å²) in [5.41, 5.74) is 1.33. The van der Waals surface area contributed by atoms with Crippen molar-refractivity contribution in [3.8, 4) is 6.07 Å². The largest absolute Gasteiger partial charge is 0.351 e. The molecular formula is C33H34ClFN4O4S. The highest BCUT2D eigenvalue weighted by Crippen LogP contribution is 2.38. The molecule has 0 aromatic heterocycles. The van der Waals surface area contributed by atoms with Crippen LogP contribution in [0.1, 0.15) is 74.2 Å². The number of carbonyl (C=O) groups excluding carboxylic acids is 2. The normalized spacial score (nSPS) is 19.9. The van der Waals surface area contributed by atoms with Crippen molar-refractivity contribution in [2.75, 3.05) is 10.7 Å². The molecule has 2 aliphatic rings. The summed E-state index contributed by atoms with van der Waals surface area (Å²) in [7, 11) is -3.91. The molecule has 0 spiro atoms. The summed E-state index contributed by atoms with van der Waals surface area (Å²) in [5.74, 6) is -2.06. The van der Waals surface area contributed by atoms with Crippen molar-refractivity contribution in [3.05, 3.63) is 100 Å². The summed E-state index contributed by atoms with van der Waals surface area (Å²) in [4.78, 5) is 30.2. The molecule has 44 heavy (non-hydrogen) atoms. The topological polar surface area (TPSA) is 111 Å². The number of sulfonamides is 1. The number of nitrogens with one attached hydrogen (secondary N) is 1. The molecule has 1 heterocycles. The summed E-state index contributed by atoms with van der Waals surface area (Å²) in [6.45, 7) is 1.66. The van der Waals surface area contributed by atoms with Crippen LogP contribution in [0.15, 0.2) is 72.8 Å². The molecule has 3 unspecified atom stereocenters. The van der Waals surface area contributed by atoms with E-state index in [9.17, 15) is 27.7 Å². The van der Waals surface area contributed by atoms with Crippen LogP contribution in [-0.2, 0) is 19.6 Å². The van der Waals surface area contributed by atoms with Gasteiger partial charge in [-0.25, -0.2) is 12.8 Å². The maximum Gasteiger partial charge on any atom is 0.248 e. The fourth-order valence-corrected chi connectivity index (χ4v) is 8.41. The maximum atomic E-state index is 14.8. The number of nitrogens with zero attached hydrogens (tertiary/aromatic N) is 3. The fourth-order valence-electron chi connectivity index (χ4n) is 6.26. The molecule has 5 rings (SSSR count). The molecule has 230 valence electrons. The van der Waals surface area contributed by atoms with Gasteiger partial charge in [-0.3, -0.25) is 14.5 Å². The molecule has 2 fully saturated rings. The van der Waals surface area contributed by atoms with Gasteiger partial charge >= 0.3 is 0 Å². The number of carbonyl (C=O) groups is 2. The number of nitriles is 1. The van der Waals surface area contributed by atoms with Gasteiger partial charge in [-0.2, -0.15) is 9.57 Å². The van der Waals surface area contributed by atoms with Crippen LogP contribution in [0, 0.1) is 17.1 Å². The molecule has 2 amide bonds. The Kier molecular flexibility index (Phi) is 9.68. The van der Waals surface area contributed by atoms with Gasteiger partial charge in [0.1, 0.15) is 17.9 Å². The molecule has 1 aliphatic carbocycles. The Bertz CT molecular complexity index is 1690. The minimum absolute atomic E-state index is 0.0330. The Balaban J connectivity index is 1.62. The number of amides is 2. The standard InChI is InChI=1S/C33H34ClFN4O4S/c1-22(24-10-7-9-23(19-24)21-36)39-30(17-18-44(39,42)43)33(41)38(27-14-8-11-25(35)20-27)31(28-15-5-6-16-29(28)34)32(40)37-26-12-3-2-4-13-26/h5-11,14-16,19-20,22,26,30-31H,2-4,12-13,17-18H2,1H3,(H,37,40). The maximum absolute atomic E-state index is 14.8. The van der Waals surface area contributed by atoms with Crippen molar-refractivity contribution in [1.82, 2.24) is 9.62 Å². The van der Waals surface area contributed by atoms with E-state index >= 15 is 0 Å². The van der Waals surface area contributed by atoms with Gasteiger partial charge in [0.2, 0.25) is 21.8 Å². The third-order valence-electron chi connectivity index (χ3n) is 8.42. The van der Waals surface area contributed by atoms with Crippen LogP contribution in [0.3, 0.4) is 0 Å². The lowest BCUT2D eigenvalue weighted by Crippen LogP contribution is -2.53. The lowest BCUT2D eigenvalue weighted by atomic mass is 9.94. The van der Waals surface area contributed by atoms with E-state index in [4.69, 9.17) is 11.6 Å². The summed E-state index contributed by atoms with van der Waals surface area (Å²) in [6.07, 6.45) is 4.57. The quantitative estimate of drug-likeness (QED) is 0.324. The van der Waals surface area contributed by atoms with E-state index in [2.05, 4.69) is 11.4 Å². The van der Waals surface area contributed by atoms with Gasteiger partial charge in [-0.1, -0.05) is 67.3 Å². The number of rotatable bonds is 8. The lowest BCUT2D eigenvalue weighted by molar-refractivity contribution is -0.129. The van der Waals surface area contributed by atoms with Crippen molar-refractivity contribution in [1.29, 1.82) is 5.26 Å². The molecule has 1 N–H and O–H groups in total. The van der Waals surface area contributed by atoms with Gasteiger partial charge in [0.15, 0.2) is 0 Å². The van der Waals surface area contributed by atoms with Crippen LogP contribution in [0.2, 0.25) is 5.02 Å². The first-order chi connectivity index (χ1) is 21.1. The number of halogens is 2. The first-order valence-corrected chi connectivity index (χ1v) is 16.7. The molecule has 3 atom stereocenters. The highest BCUT2D eigenvalue weighted by atomic mass is 35.5. The fraction of sp³-hybridized carbons (Fsp3) is 0.364. The summed E-state index contributed by atoms with van der Waals surface area (Å²) in [6, 6.07) is 17.2. The molecule has 1 aliphatic heterocycles. The van der Waals surface area contributed by atoms with E-state index in [1.165, 1.54) is 23.1 Å². The van der Waals surface area contributed by atoms with E-state index < -0.39 is 45.8 Å². The molecule has 11 heteroatoms. The second kappa shape index (κ2) is 13.5. The zero-order chi connectivity index (χ0) is 31.4. The Morgan fingerprint density at radius 2 is 1.75 bits per heavy atom. The van der Waals surface area contributed by atoms with Crippen molar-refractivity contribution in [2.45, 2.75) is 69.6 Å². The third kappa shape index (κ3) is 6.65. The van der Waals surface area contributed by atoms with E-state index in [1.54, 1.807) is 55.5 Å². The van der Waals surface area contributed by atoms with E-state index in [1.807, 2.05) is 0 Å². The van der Waals surface area contributed by atoms with Crippen molar-refractivity contribution >= 4 is 39.1 Å². The van der Waals surface area contributed by atoms with Crippen molar-refractivity contribution in [3.63, 3.8) is 0 Å². The zero-order valence-corrected chi connectivity index (χ0v) is 25.9. The average molecular weight is 637 g/mol. The summed E-state index contributed by atoms with van der Waals surface area (Å²) < 4.78 is 42.8. The van der Waals surface area contributed by atoms with Crippen LogP contribution in [0.25, 0.3) is 0 Å². The first-order valence-electron chi connectivity index (χ1n) is 14.8. The van der Waals surface area contributed by atoms with Gasteiger partial charge in [-0.15, -0.1) is 0 Å². The molecule has 8 nitrogen and oxygen atoms in total. The summed E-state index contributed by atoms with van der Waals surface area (Å²) >= 11 is 6.64. The monoisotopic (exact) mass is 636 g/mol. The first kappa shape index (κ1) is 31.6. The lowest BCUT2D eigenvalue weighted by Gasteiger charge is -2.37. The van der Waals surface area contributed by atoms with Crippen LogP contribution in [0.5, 0.6) is 0 Å².